The van der Waals surface area contributed by atoms with Gasteiger partial charge in [-0.15, -0.1) is 0 Å². The Morgan fingerprint density at radius 3 is 2.21 bits per heavy atom. The Kier molecular flexibility index (Phi) is 5.12. The third-order valence-corrected chi connectivity index (χ3v) is 5.00. The van der Waals surface area contributed by atoms with Gasteiger partial charge in [0.05, 0.1) is 10.9 Å². The summed E-state index contributed by atoms with van der Waals surface area (Å²) in [6, 6.07) is 19.9. The van der Waals surface area contributed by atoms with E-state index in [0.29, 0.717) is 44.7 Å². The van der Waals surface area contributed by atoms with E-state index >= 15 is 0 Å². The van der Waals surface area contributed by atoms with Crippen molar-refractivity contribution in [2.75, 3.05) is 0 Å². The highest BCUT2D eigenvalue weighted by atomic mass is 35.5. The Bertz CT molecular complexity index is 1190. The second kappa shape index (κ2) is 7.70. The quantitative estimate of drug-likeness (QED) is 0.377. The van der Waals surface area contributed by atoms with E-state index in [1.54, 1.807) is 37.3 Å². The minimum Gasteiger partial charge on any atom is -0.489 e. The van der Waals surface area contributed by atoms with Gasteiger partial charge in [-0.2, -0.15) is 0 Å². The fourth-order valence-electron chi connectivity index (χ4n) is 3.07. The molecule has 0 aliphatic carbocycles. The molecule has 5 heteroatoms. The number of rotatable bonds is 4. The van der Waals surface area contributed by atoms with Gasteiger partial charge in [-0.3, -0.25) is 4.79 Å². The molecule has 0 radical (unpaired) electrons. The van der Waals surface area contributed by atoms with E-state index in [1.165, 1.54) is 0 Å². The average molecular weight is 411 g/mol. The molecule has 28 heavy (non-hydrogen) atoms. The highest BCUT2D eigenvalue weighted by Crippen LogP contribution is 2.27. The van der Waals surface area contributed by atoms with Crippen LogP contribution in [0.2, 0.25) is 10.0 Å². The lowest BCUT2D eigenvalue weighted by Gasteiger charge is -2.10. The van der Waals surface area contributed by atoms with E-state index < -0.39 is 0 Å². The molecule has 0 amide bonds. The van der Waals surface area contributed by atoms with Crippen LogP contribution in [0.4, 0.5) is 0 Å². The molecular weight excluding hydrogens is 395 g/mol. The minimum absolute atomic E-state index is 0.0784. The summed E-state index contributed by atoms with van der Waals surface area (Å²) in [7, 11) is 0. The van der Waals surface area contributed by atoms with E-state index in [4.69, 9.17) is 32.4 Å². The van der Waals surface area contributed by atoms with Gasteiger partial charge >= 0.3 is 0 Å². The van der Waals surface area contributed by atoms with Crippen molar-refractivity contribution in [3.05, 3.63) is 98.3 Å². The Balaban J connectivity index is 1.67. The van der Waals surface area contributed by atoms with Crippen molar-refractivity contribution in [3.63, 3.8) is 0 Å². The van der Waals surface area contributed by atoms with Crippen LogP contribution in [0.25, 0.3) is 22.1 Å². The molecule has 0 N–H and O–H groups in total. The molecule has 4 aromatic rings. The summed E-state index contributed by atoms with van der Waals surface area (Å²) >= 11 is 11.8. The zero-order valence-corrected chi connectivity index (χ0v) is 16.6. The Labute approximate surface area is 172 Å². The molecule has 1 aromatic heterocycles. The third kappa shape index (κ3) is 3.77. The number of benzene rings is 3. The first-order valence-corrected chi connectivity index (χ1v) is 9.47. The maximum atomic E-state index is 13.0. The van der Waals surface area contributed by atoms with Crippen molar-refractivity contribution >= 4 is 34.2 Å². The SMILES string of the molecule is Cc1oc2cc(OCc3ccc(Cl)cc3)ccc2c(=O)c1-c1ccc(Cl)cc1. The van der Waals surface area contributed by atoms with Crippen LogP contribution in [0, 0.1) is 6.92 Å². The Morgan fingerprint density at radius 2 is 1.54 bits per heavy atom. The number of hydrogen-bond donors (Lipinski definition) is 0. The largest absolute Gasteiger partial charge is 0.489 e. The van der Waals surface area contributed by atoms with E-state index in [0.717, 1.165) is 11.1 Å². The monoisotopic (exact) mass is 410 g/mol. The van der Waals surface area contributed by atoms with Crippen LogP contribution in [-0.2, 0) is 6.61 Å². The van der Waals surface area contributed by atoms with Gasteiger partial charge in [0.25, 0.3) is 0 Å². The summed E-state index contributed by atoms with van der Waals surface area (Å²) in [6.07, 6.45) is 0. The van der Waals surface area contributed by atoms with Crippen LogP contribution in [0.3, 0.4) is 0 Å². The average Bonchev–Trinajstić information content (AvgIpc) is 2.69. The zero-order chi connectivity index (χ0) is 19.7. The first kappa shape index (κ1) is 18.6. The maximum absolute atomic E-state index is 13.0. The van der Waals surface area contributed by atoms with Crippen LogP contribution in [-0.4, -0.2) is 0 Å². The van der Waals surface area contributed by atoms with Gasteiger partial charge in [-0.1, -0.05) is 47.5 Å². The van der Waals surface area contributed by atoms with Gasteiger partial charge in [0.1, 0.15) is 23.7 Å². The Morgan fingerprint density at radius 1 is 0.893 bits per heavy atom. The molecule has 140 valence electrons. The first-order valence-electron chi connectivity index (χ1n) is 8.72. The second-order valence-corrected chi connectivity index (χ2v) is 7.32. The lowest BCUT2D eigenvalue weighted by molar-refractivity contribution is 0.306. The fraction of sp³-hybridized carbons (Fsp3) is 0.0870. The fourth-order valence-corrected chi connectivity index (χ4v) is 3.33. The van der Waals surface area contributed by atoms with Crippen molar-refractivity contribution in [1.82, 2.24) is 0 Å². The highest BCUT2D eigenvalue weighted by molar-refractivity contribution is 6.30. The molecule has 0 bridgehead atoms. The predicted molar refractivity (Wildman–Crippen MR) is 113 cm³/mol. The molecule has 0 fully saturated rings. The minimum atomic E-state index is -0.0784. The molecule has 0 saturated carbocycles. The van der Waals surface area contributed by atoms with Crippen LogP contribution in [0.1, 0.15) is 11.3 Å². The van der Waals surface area contributed by atoms with Crippen molar-refractivity contribution in [2.45, 2.75) is 13.5 Å². The smallest absolute Gasteiger partial charge is 0.200 e. The van der Waals surface area contributed by atoms with Gasteiger partial charge in [0.2, 0.25) is 5.43 Å². The molecular formula is C23H16Cl2O3. The van der Waals surface area contributed by atoms with E-state index in [9.17, 15) is 4.79 Å². The summed E-state index contributed by atoms with van der Waals surface area (Å²) in [6.45, 7) is 2.18. The maximum Gasteiger partial charge on any atom is 0.200 e. The zero-order valence-electron chi connectivity index (χ0n) is 15.0. The Hall–Kier alpha value is -2.75. The van der Waals surface area contributed by atoms with Gasteiger partial charge in [0.15, 0.2) is 0 Å². The van der Waals surface area contributed by atoms with Crippen LogP contribution < -0.4 is 10.2 Å². The predicted octanol–water partition coefficient (Wildman–Crippen LogP) is 6.65. The van der Waals surface area contributed by atoms with Gasteiger partial charge < -0.3 is 9.15 Å². The van der Waals surface area contributed by atoms with Crippen LogP contribution in [0.15, 0.2) is 75.9 Å². The van der Waals surface area contributed by atoms with Crippen LogP contribution in [0.5, 0.6) is 5.75 Å². The first-order chi connectivity index (χ1) is 13.5. The topological polar surface area (TPSA) is 39.4 Å². The van der Waals surface area contributed by atoms with E-state index in [1.807, 2.05) is 36.4 Å². The molecule has 0 unspecified atom stereocenters. The molecule has 3 nitrogen and oxygen atoms in total. The highest BCUT2D eigenvalue weighted by Gasteiger charge is 2.14. The molecule has 3 aromatic carbocycles. The molecule has 0 spiro atoms. The lowest BCUT2D eigenvalue weighted by Crippen LogP contribution is -2.07. The van der Waals surface area contributed by atoms with Gasteiger partial charge in [-0.05, 0) is 54.4 Å². The van der Waals surface area contributed by atoms with Crippen molar-refractivity contribution in [3.8, 4) is 16.9 Å². The summed E-state index contributed by atoms with van der Waals surface area (Å²) in [5.41, 5.74) is 2.74. The number of halogens is 2. The van der Waals surface area contributed by atoms with Gasteiger partial charge in [0, 0.05) is 16.1 Å². The van der Waals surface area contributed by atoms with Gasteiger partial charge in [-0.25, -0.2) is 0 Å². The number of ether oxygens (including phenoxy) is 1. The van der Waals surface area contributed by atoms with E-state index in [2.05, 4.69) is 0 Å². The van der Waals surface area contributed by atoms with Crippen molar-refractivity contribution < 1.29 is 9.15 Å². The summed E-state index contributed by atoms with van der Waals surface area (Å²) < 4.78 is 11.8. The number of aryl methyl sites for hydroxylation is 1. The molecule has 0 aliphatic rings. The van der Waals surface area contributed by atoms with Crippen LogP contribution >= 0.6 is 23.2 Å². The molecule has 0 aliphatic heterocycles. The molecule has 0 atom stereocenters. The molecule has 4 rings (SSSR count). The molecule has 0 saturated heterocycles. The van der Waals surface area contributed by atoms with E-state index in [-0.39, 0.29) is 5.43 Å². The third-order valence-electron chi connectivity index (χ3n) is 4.49. The second-order valence-electron chi connectivity index (χ2n) is 6.44. The summed E-state index contributed by atoms with van der Waals surface area (Å²) in [4.78, 5) is 13.0. The molecule has 1 heterocycles. The standard InChI is InChI=1S/C23H16Cl2O3/c1-14-22(16-4-8-18(25)9-5-16)23(26)20-11-10-19(12-21(20)28-14)27-13-15-2-6-17(24)7-3-15/h2-12H,13H2,1H3. The number of hydrogen-bond acceptors (Lipinski definition) is 3. The normalized spacial score (nSPS) is 11.0. The lowest BCUT2D eigenvalue weighted by atomic mass is 10.0. The summed E-state index contributed by atoms with van der Waals surface area (Å²) in [5, 5.41) is 1.81. The summed E-state index contributed by atoms with van der Waals surface area (Å²) in [5.74, 6) is 1.18. The van der Waals surface area contributed by atoms with Crippen molar-refractivity contribution in [2.24, 2.45) is 0 Å². The van der Waals surface area contributed by atoms with Crippen molar-refractivity contribution in [1.29, 1.82) is 0 Å². The number of fused-ring (bicyclic) bond motifs is 1.